The van der Waals surface area contributed by atoms with Gasteiger partial charge in [0.25, 0.3) is 0 Å². The van der Waals surface area contributed by atoms with Gasteiger partial charge in [0.05, 0.1) is 11.9 Å². The molecule has 2 rings (SSSR count). The molecule has 1 aliphatic rings. The molecule has 1 fully saturated rings. The Bertz CT molecular complexity index is 299. The Morgan fingerprint density at radius 2 is 2.57 bits per heavy atom. The van der Waals surface area contributed by atoms with Gasteiger partial charge in [-0.25, -0.2) is 0 Å². The van der Waals surface area contributed by atoms with Crippen molar-refractivity contribution in [1.82, 2.24) is 20.3 Å². The molecule has 5 heteroatoms. The Kier molecular flexibility index (Phi) is 3.08. The molecule has 78 valence electrons. The molecule has 0 aromatic carbocycles. The molecule has 0 spiro atoms. The van der Waals surface area contributed by atoms with Crippen LogP contribution in [0.25, 0.3) is 0 Å². The SMILES string of the molecule is CC1SCCC1NCc1cnn(C)n1. The predicted molar refractivity (Wildman–Crippen MR) is 58.2 cm³/mol. The molecule has 0 aliphatic carbocycles. The van der Waals surface area contributed by atoms with Gasteiger partial charge in [-0.15, -0.1) is 0 Å². The fourth-order valence-corrected chi connectivity index (χ4v) is 2.93. The Labute approximate surface area is 88.4 Å². The van der Waals surface area contributed by atoms with Crippen LogP contribution in [-0.2, 0) is 13.6 Å². The second-order valence-electron chi connectivity index (χ2n) is 3.68. The molecule has 0 radical (unpaired) electrons. The molecule has 1 aliphatic heterocycles. The lowest BCUT2D eigenvalue weighted by molar-refractivity contribution is 0.505. The van der Waals surface area contributed by atoms with Gasteiger partial charge in [0, 0.05) is 24.9 Å². The Morgan fingerprint density at radius 1 is 1.71 bits per heavy atom. The van der Waals surface area contributed by atoms with E-state index in [1.807, 2.05) is 25.0 Å². The van der Waals surface area contributed by atoms with Crippen LogP contribution in [0.5, 0.6) is 0 Å². The molecule has 1 saturated heterocycles. The number of aromatic nitrogens is 3. The first-order chi connectivity index (χ1) is 6.75. The van der Waals surface area contributed by atoms with Crippen molar-refractivity contribution < 1.29 is 0 Å². The van der Waals surface area contributed by atoms with E-state index in [2.05, 4.69) is 22.4 Å². The zero-order valence-electron chi connectivity index (χ0n) is 8.60. The molecule has 0 amide bonds. The van der Waals surface area contributed by atoms with Gasteiger partial charge in [0.2, 0.25) is 0 Å². The molecule has 14 heavy (non-hydrogen) atoms. The summed E-state index contributed by atoms with van der Waals surface area (Å²) in [5, 5.41) is 12.5. The van der Waals surface area contributed by atoms with Crippen molar-refractivity contribution in [1.29, 1.82) is 0 Å². The zero-order chi connectivity index (χ0) is 9.97. The molecule has 2 heterocycles. The van der Waals surface area contributed by atoms with Gasteiger partial charge in [0.1, 0.15) is 0 Å². The van der Waals surface area contributed by atoms with E-state index in [9.17, 15) is 0 Å². The van der Waals surface area contributed by atoms with E-state index in [1.165, 1.54) is 12.2 Å². The summed E-state index contributed by atoms with van der Waals surface area (Å²) in [5.74, 6) is 1.28. The summed E-state index contributed by atoms with van der Waals surface area (Å²) in [4.78, 5) is 1.60. The van der Waals surface area contributed by atoms with Crippen LogP contribution in [0.2, 0.25) is 0 Å². The molecule has 0 saturated carbocycles. The second kappa shape index (κ2) is 4.31. The van der Waals surface area contributed by atoms with Crippen LogP contribution in [0, 0.1) is 0 Å². The summed E-state index contributed by atoms with van der Waals surface area (Å²) in [5.41, 5.74) is 1.02. The lowest BCUT2D eigenvalue weighted by atomic mass is 10.2. The summed E-state index contributed by atoms with van der Waals surface area (Å²) in [6.45, 7) is 3.12. The monoisotopic (exact) mass is 212 g/mol. The van der Waals surface area contributed by atoms with E-state index in [1.54, 1.807) is 4.80 Å². The van der Waals surface area contributed by atoms with Gasteiger partial charge in [-0.05, 0) is 12.2 Å². The van der Waals surface area contributed by atoms with E-state index in [0.29, 0.717) is 6.04 Å². The van der Waals surface area contributed by atoms with Crippen molar-refractivity contribution in [2.24, 2.45) is 7.05 Å². The van der Waals surface area contributed by atoms with Gasteiger partial charge < -0.3 is 5.32 Å². The third kappa shape index (κ3) is 2.27. The van der Waals surface area contributed by atoms with Crippen molar-refractivity contribution >= 4 is 11.8 Å². The molecule has 1 aromatic rings. The van der Waals surface area contributed by atoms with Crippen molar-refractivity contribution in [2.75, 3.05) is 5.75 Å². The lowest BCUT2D eigenvalue weighted by Gasteiger charge is -2.14. The van der Waals surface area contributed by atoms with Crippen LogP contribution in [0.3, 0.4) is 0 Å². The highest BCUT2D eigenvalue weighted by molar-refractivity contribution is 8.00. The lowest BCUT2D eigenvalue weighted by Crippen LogP contribution is -2.32. The highest BCUT2D eigenvalue weighted by Gasteiger charge is 2.23. The second-order valence-corrected chi connectivity index (χ2v) is 5.16. The maximum atomic E-state index is 4.23. The highest BCUT2D eigenvalue weighted by atomic mass is 32.2. The summed E-state index contributed by atoms with van der Waals surface area (Å²) >= 11 is 2.04. The van der Waals surface area contributed by atoms with E-state index >= 15 is 0 Å². The number of aryl methyl sites for hydroxylation is 1. The number of nitrogens with one attached hydrogen (secondary N) is 1. The number of rotatable bonds is 3. The minimum absolute atomic E-state index is 0.641. The average Bonchev–Trinajstić information content (AvgIpc) is 2.72. The molecular formula is C9H16N4S. The minimum atomic E-state index is 0.641. The van der Waals surface area contributed by atoms with Crippen LogP contribution in [0.15, 0.2) is 6.20 Å². The molecule has 1 aromatic heterocycles. The molecule has 2 atom stereocenters. The van der Waals surface area contributed by atoms with E-state index in [0.717, 1.165) is 17.5 Å². The quantitative estimate of drug-likeness (QED) is 0.805. The van der Waals surface area contributed by atoms with Crippen LogP contribution in [-0.4, -0.2) is 32.0 Å². The van der Waals surface area contributed by atoms with Gasteiger partial charge in [-0.1, -0.05) is 6.92 Å². The maximum Gasteiger partial charge on any atom is 0.0964 e. The first kappa shape index (κ1) is 9.98. The molecule has 0 bridgehead atoms. The topological polar surface area (TPSA) is 42.7 Å². The number of thioether (sulfide) groups is 1. The van der Waals surface area contributed by atoms with Crippen molar-refractivity contribution in [2.45, 2.75) is 31.2 Å². The normalized spacial score (nSPS) is 27.0. The van der Waals surface area contributed by atoms with E-state index in [-0.39, 0.29) is 0 Å². The van der Waals surface area contributed by atoms with Crippen LogP contribution < -0.4 is 5.32 Å². The smallest absolute Gasteiger partial charge is 0.0964 e. The largest absolute Gasteiger partial charge is 0.307 e. The first-order valence-electron chi connectivity index (χ1n) is 4.96. The fraction of sp³-hybridized carbons (Fsp3) is 0.778. The van der Waals surface area contributed by atoms with Crippen molar-refractivity contribution in [3.63, 3.8) is 0 Å². The van der Waals surface area contributed by atoms with E-state index < -0.39 is 0 Å². The summed E-state index contributed by atoms with van der Waals surface area (Å²) in [6, 6.07) is 0.641. The first-order valence-corrected chi connectivity index (χ1v) is 6.01. The van der Waals surface area contributed by atoms with Crippen LogP contribution >= 0.6 is 11.8 Å². The summed E-state index contributed by atoms with van der Waals surface area (Å²) in [7, 11) is 1.84. The Morgan fingerprint density at radius 3 is 3.14 bits per heavy atom. The Hall–Kier alpha value is -0.550. The Balaban J connectivity index is 1.82. The van der Waals surface area contributed by atoms with Crippen molar-refractivity contribution in [3.05, 3.63) is 11.9 Å². The number of hydrogen-bond acceptors (Lipinski definition) is 4. The van der Waals surface area contributed by atoms with Crippen LogP contribution in [0.4, 0.5) is 0 Å². The summed E-state index contributed by atoms with van der Waals surface area (Å²) < 4.78 is 0. The number of hydrogen-bond donors (Lipinski definition) is 1. The van der Waals surface area contributed by atoms with E-state index in [4.69, 9.17) is 0 Å². The molecule has 2 unspecified atom stereocenters. The van der Waals surface area contributed by atoms with Gasteiger partial charge in [0.15, 0.2) is 0 Å². The van der Waals surface area contributed by atoms with Gasteiger partial charge >= 0.3 is 0 Å². The third-order valence-electron chi connectivity index (χ3n) is 2.57. The minimum Gasteiger partial charge on any atom is -0.307 e. The zero-order valence-corrected chi connectivity index (χ0v) is 9.42. The maximum absolute atomic E-state index is 4.23. The highest BCUT2D eigenvalue weighted by Crippen LogP contribution is 2.26. The fourth-order valence-electron chi connectivity index (χ4n) is 1.70. The predicted octanol–water partition coefficient (Wildman–Crippen LogP) is 0.799. The average molecular weight is 212 g/mol. The molecule has 4 nitrogen and oxygen atoms in total. The van der Waals surface area contributed by atoms with Gasteiger partial charge in [-0.3, -0.25) is 0 Å². The molecular weight excluding hydrogens is 196 g/mol. The number of nitrogens with zero attached hydrogens (tertiary/aromatic N) is 3. The van der Waals surface area contributed by atoms with Crippen molar-refractivity contribution in [3.8, 4) is 0 Å². The molecule has 1 N–H and O–H groups in total. The van der Waals surface area contributed by atoms with Gasteiger partial charge in [-0.2, -0.15) is 26.8 Å². The summed E-state index contributed by atoms with van der Waals surface area (Å²) in [6.07, 6.45) is 3.09. The van der Waals surface area contributed by atoms with Crippen LogP contribution in [0.1, 0.15) is 19.0 Å². The standard InChI is InChI=1S/C9H16N4S/c1-7-9(3-4-14-7)10-5-8-6-11-13(2)12-8/h6-7,9-10H,3-5H2,1-2H3. The third-order valence-corrected chi connectivity index (χ3v) is 3.89.